The summed E-state index contributed by atoms with van der Waals surface area (Å²) in [6.45, 7) is 3.97. The van der Waals surface area contributed by atoms with Crippen molar-refractivity contribution in [3.8, 4) is 0 Å². The summed E-state index contributed by atoms with van der Waals surface area (Å²) in [5.74, 6) is -0.358. The Morgan fingerprint density at radius 3 is 2.63 bits per heavy atom. The van der Waals surface area contributed by atoms with Gasteiger partial charge in [-0.15, -0.1) is 0 Å². The van der Waals surface area contributed by atoms with Gasteiger partial charge < -0.3 is 10.6 Å². The van der Waals surface area contributed by atoms with E-state index in [0.717, 1.165) is 18.4 Å². The number of anilines is 2. The number of aryl methyl sites for hydroxylation is 1. The fraction of sp³-hybridized carbons (Fsp3) is 0.238. The first-order chi connectivity index (χ1) is 13.1. The van der Waals surface area contributed by atoms with Crippen molar-refractivity contribution in [1.29, 1.82) is 0 Å². The summed E-state index contributed by atoms with van der Waals surface area (Å²) < 4.78 is 0. The van der Waals surface area contributed by atoms with Crippen LogP contribution in [0.1, 0.15) is 42.1 Å². The third-order valence-corrected chi connectivity index (χ3v) is 4.20. The Morgan fingerprint density at radius 2 is 1.81 bits per heavy atom. The van der Waals surface area contributed by atoms with E-state index in [1.54, 1.807) is 30.6 Å². The van der Waals surface area contributed by atoms with Gasteiger partial charge in [0.25, 0.3) is 5.91 Å². The van der Waals surface area contributed by atoms with Crippen LogP contribution in [-0.2, 0) is 4.79 Å². The average molecular weight is 362 g/mol. The van der Waals surface area contributed by atoms with E-state index < -0.39 is 0 Å². The molecule has 138 valence electrons. The largest absolute Gasteiger partial charge is 0.324 e. The van der Waals surface area contributed by atoms with Crippen LogP contribution in [0.15, 0.2) is 48.8 Å². The van der Waals surface area contributed by atoms with Crippen LogP contribution in [0.25, 0.3) is 11.0 Å². The van der Waals surface area contributed by atoms with Crippen LogP contribution in [0.4, 0.5) is 11.4 Å². The molecule has 0 radical (unpaired) electrons. The smallest absolute Gasteiger partial charge is 0.257 e. The molecule has 0 aliphatic rings. The fourth-order valence-electron chi connectivity index (χ4n) is 2.79. The van der Waals surface area contributed by atoms with Gasteiger partial charge in [-0.3, -0.25) is 19.6 Å². The summed E-state index contributed by atoms with van der Waals surface area (Å²) >= 11 is 0. The number of rotatable bonds is 6. The molecule has 0 aliphatic carbocycles. The summed E-state index contributed by atoms with van der Waals surface area (Å²) in [5, 5.41) is 5.78. The maximum atomic E-state index is 12.9. The van der Waals surface area contributed by atoms with E-state index in [0.29, 0.717) is 34.4 Å². The molecule has 2 amide bonds. The van der Waals surface area contributed by atoms with Crippen LogP contribution in [0.3, 0.4) is 0 Å². The van der Waals surface area contributed by atoms with E-state index in [1.807, 2.05) is 32.0 Å². The predicted octanol–water partition coefficient (Wildman–Crippen LogP) is 4.32. The third-order valence-electron chi connectivity index (χ3n) is 4.20. The normalized spacial score (nSPS) is 10.6. The van der Waals surface area contributed by atoms with Crippen molar-refractivity contribution in [3.63, 3.8) is 0 Å². The molecule has 1 heterocycles. The van der Waals surface area contributed by atoms with Crippen LogP contribution < -0.4 is 10.6 Å². The zero-order valence-electron chi connectivity index (χ0n) is 15.5. The number of unbranched alkanes of at least 4 members (excludes halogenated alkanes) is 1. The molecule has 2 aromatic carbocycles. The topological polar surface area (TPSA) is 84.0 Å². The minimum absolute atomic E-state index is 0.0628. The molecular formula is C21H22N4O2. The number of nitrogens with zero attached hydrogens (tertiary/aromatic N) is 2. The number of nitrogens with one attached hydrogen (secondary N) is 2. The molecule has 0 saturated heterocycles. The van der Waals surface area contributed by atoms with Gasteiger partial charge in [-0.25, -0.2) is 0 Å². The predicted molar refractivity (Wildman–Crippen MR) is 107 cm³/mol. The molecule has 0 spiro atoms. The van der Waals surface area contributed by atoms with Gasteiger partial charge in [-0.2, -0.15) is 0 Å². The second kappa shape index (κ2) is 8.40. The molecule has 0 aliphatic heterocycles. The van der Waals surface area contributed by atoms with Gasteiger partial charge in [0.05, 0.1) is 22.5 Å². The number of para-hydroxylation sites is 1. The number of benzene rings is 2. The van der Waals surface area contributed by atoms with Crippen LogP contribution in [0, 0.1) is 6.92 Å². The number of carbonyl (C=O) groups excluding carboxylic acids is 2. The van der Waals surface area contributed by atoms with Crippen molar-refractivity contribution in [1.82, 2.24) is 9.97 Å². The van der Waals surface area contributed by atoms with Crippen molar-refractivity contribution in [2.75, 3.05) is 10.6 Å². The lowest BCUT2D eigenvalue weighted by atomic mass is 10.1. The van der Waals surface area contributed by atoms with E-state index in [9.17, 15) is 9.59 Å². The Morgan fingerprint density at radius 1 is 1.00 bits per heavy atom. The third kappa shape index (κ3) is 4.47. The molecule has 27 heavy (non-hydrogen) atoms. The number of hydrogen-bond acceptors (Lipinski definition) is 4. The molecule has 2 N–H and O–H groups in total. The molecule has 0 saturated carbocycles. The molecule has 3 aromatic rings. The average Bonchev–Trinajstić information content (AvgIpc) is 2.68. The van der Waals surface area contributed by atoms with E-state index in [2.05, 4.69) is 20.6 Å². The maximum absolute atomic E-state index is 12.9. The van der Waals surface area contributed by atoms with E-state index in [4.69, 9.17) is 0 Å². The number of carbonyl (C=O) groups is 2. The van der Waals surface area contributed by atoms with Gasteiger partial charge in [0.1, 0.15) is 5.52 Å². The lowest BCUT2D eigenvalue weighted by Crippen LogP contribution is -2.17. The zero-order chi connectivity index (χ0) is 19.2. The van der Waals surface area contributed by atoms with Crippen LogP contribution in [0.2, 0.25) is 0 Å². The van der Waals surface area contributed by atoms with Crippen molar-refractivity contribution < 1.29 is 9.59 Å². The monoisotopic (exact) mass is 362 g/mol. The van der Waals surface area contributed by atoms with Crippen molar-refractivity contribution in [2.24, 2.45) is 0 Å². The molecule has 6 nitrogen and oxygen atoms in total. The first-order valence-electron chi connectivity index (χ1n) is 9.00. The highest BCUT2D eigenvalue weighted by Gasteiger charge is 2.14. The molecule has 3 rings (SSSR count). The first-order valence-corrected chi connectivity index (χ1v) is 9.00. The quantitative estimate of drug-likeness (QED) is 0.684. The Balaban J connectivity index is 1.87. The summed E-state index contributed by atoms with van der Waals surface area (Å²) in [5.41, 5.74) is 3.76. The molecule has 0 fully saturated rings. The van der Waals surface area contributed by atoms with Crippen molar-refractivity contribution in [3.05, 3.63) is 59.9 Å². The Labute approximate surface area is 158 Å². The van der Waals surface area contributed by atoms with Crippen molar-refractivity contribution in [2.45, 2.75) is 33.1 Å². The molecule has 6 heteroatoms. The fourth-order valence-corrected chi connectivity index (χ4v) is 2.79. The van der Waals surface area contributed by atoms with Crippen LogP contribution >= 0.6 is 0 Å². The van der Waals surface area contributed by atoms with E-state index >= 15 is 0 Å². The van der Waals surface area contributed by atoms with Crippen LogP contribution in [0.5, 0.6) is 0 Å². The minimum atomic E-state index is -0.296. The van der Waals surface area contributed by atoms with Crippen LogP contribution in [-0.4, -0.2) is 21.8 Å². The first kappa shape index (κ1) is 18.5. The number of amides is 2. The summed E-state index contributed by atoms with van der Waals surface area (Å²) in [6.07, 6.45) is 5.39. The highest BCUT2D eigenvalue weighted by atomic mass is 16.2. The SMILES string of the molecule is CCCCC(=O)Nc1ccc(C)cc1NC(=O)c1cccc2nccnc12. The Kier molecular flexibility index (Phi) is 5.76. The molecule has 0 bridgehead atoms. The Bertz CT molecular complexity index is 980. The summed E-state index contributed by atoms with van der Waals surface area (Å²) in [7, 11) is 0. The molecular weight excluding hydrogens is 340 g/mol. The molecule has 0 unspecified atom stereocenters. The highest BCUT2D eigenvalue weighted by Crippen LogP contribution is 2.25. The maximum Gasteiger partial charge on any atom is 0.257 e. The lowest BCUT2D eigenvalue weighted by Gasteiger charge is -2.14. The van der Waals surface area contributed by atoms with Gasteiger partial charge in [0.2, 0.25) is 5.91 Å². The van der Waals surface area contributed by atoms with Crippen molar-refractivity contribution >= 4 is 34.2 Å². The minimum Gasteiger partial charge on any atom is -0.324 e. The number of aromatic nitrogens is 2. The van der Waals surface area contributed by atoms with E-state index in [-0.39, 0.29) is 11.8 Å². The van der Waals surface area contributed by atoms with Gasteiger partial charge in [0.15, 0.2) is 0 Å². The highest BCUT2D eigenvalue weighted by molar-refractivity contribution is 6.13. The van der Waals surface area contributed by atoms with Gasteiger partial charge in [0, 0.05) is 18.8 Å². The standard InChI is InChI=1S/C21H22N4O2/c1-3-4-8-19(26)24-16-10-9-14(2)13-18(16)25-21(27)15-6-5-7-17-20(15)23-12-11-22-17/h5-7,9-13H,3-4,8H2,1-2H3,(H,24,26)(H,25,27). The zero-order valence-corrected chi connectivity index (χ0v) is 15.5. The summed E-state index contributed by atoms with van der Waals surface area (Å²) in [4.78, 5) is 33.5. The lowest BCUT2D eigenvalue weighted by molar-refractivity contribution is -0.116. The van der Waals surface area contributed by atoms with Gasteiger partial charge in [-0.1, -0.05) is 25.5 Å². The van der Waals surface area contributed by atoms with Gasteiger partial charge in [-0.05, 0) is 43.2 Å². The molecule has 1 aromatic heterocycles. The number of fused-ring (bicyclic) bond motifs is 1. The number of hydrogen-bond donors (Lipinski definition) is 2. The Hall–Kier alpha value is -3.28. The second-order valence-corrected chi connectivity index (χ2v) is 6.38. The van der Waals surface area contributed by atoms with E-state index in [1.165, 1.54) is 0 Å². The second-order valence-electron chi connectivity index (χ2n) is 6.38. The molecule has 0 atom stereocenters. The van der Waals surface area contributed by atoms with Gasteiger partial charge >= 0.3 is 0 Å². The summed E-state index contributed by atoms with van der Waals surface area (Å²) in [6, 6.07) is 10.8.